The third-order valence-corrected chi connectivity index (χ3v) is 6.36. The van der Waals surface area contributed by atoms with Crippen LogP contribution in [0.5, 0.6) is 5.75 Å². The number of hydrogen-bond donors (Lipinski definition) is 1. The first-order valence-electron chi connectivity index (χ1n) is 10.8. The van der Waals surface area contributed by atoms with Crippen molar-refractivity contribution in [1.29, 1.82) is 0 Å². The molecular formula is C28H34O. The zero-order chi connectivity index (χ0) is 21.1. The van der Waals surface area contributed by atoms with Crippen LogP contribution < -0.4 is 0 Å². The lowest BCUT2D eigenvalue weighted by Crippen LogP contribution is -2.29. The molecule has 1 N–H and O–H groups in total. The van der Waals surface area contributed by atoms with Crippen LogP contribution in [0, 0.1) is 0 Å². The van der Waals surface area contributed by atoms with Gasteiger partial charge in [-0.15, -0.1) is 0 Å². The molecule has 0 aliphatic carbocycles. The van der Waals surface area contributed by atoms with Gasteiger partial charge in [0.1, 0.15) is 5.75 Å². The smallest absolute Gasteiger partial charge is 0.119 e. The first-order valence-corrected chi connectivity index (χ1v) is 10.8. The molecule has 1 heteroatoms. The maximum atomic E-state index is 10.9. The van der Waals surface area contributed by atoms with Crippen molar-refractivity contribution in [2.45, 2.75) is 64.7 Å². The van der Waals surface area contributed by atoms with E-state index in [2.05, 4.69) is 101 Å². The zero-order valence-corrected chi connectivity index (χ0v) is 18.5. The topological polar surface area (TPSA) is 20.2 Å². The molecule has 0 aliphatic rings. The zero-order valence-electron chi connectivity index (χ0n) is 18.5. The summed E-state index contributed by atoms with van der Waals surface area (Å²) in [6.07, 6.45) is 3.07. The largest absolute Gasteiger partial charge is 0.508 e. The maximum Gasteiger partial charge on any atom is 0.119 e. The minimum Gasteiger partial charge on any atom is -0.508 e. The Morgan fingerprint density at radius 3 is 1.72 bits per heavy atom. The van der Waals surface area contributed by atoms with Crippen LogP contribution in [0.2, 0.25) is 0 Å². The summed E-state index contributed by atoms with van der Waals surface area (Å²) >= 11 is 0. The molecule has 1 nitrogen and oxygen atoms in total. The maximum absolute atomic E-state index is 10.9. The van der Waals surface area contributed by atoms with Gasteiger partial charge < -0.3 is 5.11 Å². The monoisotopic (exact) mass is 386 g/mol. The minimum atomic E-state index is -0.218. The average molecular weight is 387 g/mol. The molecule has 0 amide bonds. The molecule has 152 valence electrons. The second kappa shape index (κ2) is 8.45. The molecule has 0 saturated carbocycles. The molecule has 0 unspecified atom stereocenters. The first kappa shape index (κ1) is 21.2. The Kier molecular flexibility index (Phi) is 6.17. The molecular weight excluding hydrogens is 352 g/mol. The van der Waals surface area contributed by atoms with Crippen molar-refractivity contribution in [1.82, 2.24) is 0 Å². The molecule has 0 atom stereocenters. The van der Waals surface area contributed by atoms with Crippen molar-refractivity contribution >= 4 is 0 Å². The molecule has 3 aromatic carbocycles. The van der Waals surface area contributed by atoms with E-state index < -0.39 is 0 Å². The molecule has 3 aromatic rings. The highest BCUT2D eigenvalue weighted by Crippen LogP contribution is 2.45. The Morgan fingerprint density at radius 2 is 1.21 bits per heavy atom. The summed E-state index contributed by atoms with van der Waals surface area (Å²) in [6, 6.07) is 25.4. The second-order valence-electron chi connectivity index (χ2n) is 9.07. The quantitative estimate of drug-likeness (QED) is 0.449. The highest BCUT2D eigenvalue weighted by Gasteiger charge is 2.35. The minimum absolute atomic E-state index is 0.169. The van der Waals surface area contributed by atoms with Gasteiger partial charge in [0, 0.05) is 10.8 Å². The van der Waals surface area contributed by atoms with Crippen LogP contribution in [0.25, 0.3) is 0 Å². The lowest BCUT2D eigenvalue weighted by atomic mass is 9.66. The highest BCUT2D eigenvalue weighted by molar-refractivity contribution is 5.56. The van der Waals surface area contributed by atoms with E-state index in [1.807, 2.05) is 6.07 Å². The Balaban J connectivity index is 2.30. The van der Waals surface area contributed by atoms with Gasteiger partial charge in [-0.05, 0) is 46.7 Å². The van der Waals surface area contributed by atoms with Crippen molar-refractivity contribution in [3.8, 4) is 5.75 Å². The van der Waals surface area contributed by atoms with E-state index >= 15 is 0 Å². The van der Waals surface area contributed by atoms with Crippen molar-refractivity contribution < 1.29 is 5.11 Å². The number of benzene rings is 3. The third kappa shape index (κ3) is 4.10. The van der Waals surface area contributed by atoms with Crippen LogP contribution in [0.3, 0.4) is 0 Å². The lowest BCUT2D eigenvalue weighted by Gasteiger charge is -2.37. The van der Waals surface area contributed by atoms with Crippen LogP contribution in [0.1, 0.15) is 75.3 Å². The van der Waals surface area contributed by atoms with Crippen molar-refractivity contribution in [2.75, 3.05) is 0 Å². The van der Waals surface area contributed by atoms with Crippen molar-refractivity contribution in [3.05, 3.63) is 101 Å². The summed E-state index contributed by atoms with van der Waals surface area (Å²) in [4.78, 5) is 0. The molecule has 0 heterocycles. The van der Waals surface area contributed by atoms with Gasteiger partial charge in [0.05, 0.1) is 0 Å². The Bertz CT molecular complexity index is 937. The second-order valence-corrected chi connectivity index (χ2v) is 9.07. The predicted octanol–water partition coefficient (Wildman–Crippen LogP) is 7.39. The number of phenols is 1. The van der Waals surface area contributed by atoms with E-state index in [-0.39, 0.29) is 10.8 Å². The summed E-state index contributed by atoms with van der Waals surface area (Å²) in [5.41, 5.74) is 5.84. The van der Waals surface area contributed by atoms with Crippen LogP contribution >= 0.6 is 0 Å². The van der Waals surface area contributed by atoms with Crippen LogP contribution in [0.4, 0.5) is 0 Å². The molecule has 0 radical (unpaired) electrons. The van der Waals surface area contributed by atoms with Gasteiger partial charge in [0.2, 0.25) is 0 Å². The fraction of sp³-hybridized carbons (Fsp3) is 0.357. The van der Waals surface area contributed by atoms with E-state index in [4.69, 9.17) is 0 Å². The SMILES string of the molecule is CCCCc1c(O)ccc(C(C)(C)c2ccccc2)c1C(C)(C)c1ccccc1. The summed E-state index contributed by atoms with van der Waals surface area (Å²) in [5.74, 6) is 0.421. The predicted molar refractivity (Wildman–Crippen MR) is 124 cm³/mol. The van der Waals surface area contributed by atoms with Gasteiger partial charge in [0.15, 0.2) is 0 Å². The number of rotatable bonds is 7. The Hall–Kier alpha value is -2.54. The van der Waals surface area contributed by atoms with Gasteiger partial charge in [-0.1, -0.05) is 108 Å². The fourth-order valence-corrected chi connectivity index (χ4v) is 4.49. The summed E-state index contributed by atoms with van der Waals surface area (Å²) in [7, 11) is 0. The van der Waals surface area contributed by atoms with E-state index in [1.54, 1.807) is 0 Å². The molecule has 0 fully saturated rings. The van der Waals surface area contributed by atoms with E-state index in [1.165, 1.54) is 22.3 Å². The Labute approximate surface area is 176 Å². The number of aromatic hydroxyl groups is 1. The highest BCUT2D eigenvalue weighted by atomic mass is 16.3. The number of phenolic OH excluding ortho intramolecular Hbond substituents is 1. The molecule has 0 spiro atoms. The molecule has 29 heavy (non-hydrogen) atoms. The van der Waals surface area contributed by atoms with Gasteiger partial charge in [-0.25, -0.2) is 0 Å². The number of hydrogen-bond acceptors (Lipinski definition) is 1. The Morgan fingerprint density at radius 1 is 0.690 bits per heavy atom. The molecule has 0 aromatic heterocycles. The molecule has 0 saturated heterocycles. The molecule has 0 bridgehead atoms. The molecule has 0 aliphatic heterocycles. The summed E-state index contributed by atoms with van der Waals surface area (Å²) in [5, 5.41) is 10.9. The standard InChI is InChI=1S/C28H34O/c1-6-7-18-23-25(29)20-19-24(27(2,3)21-14-10-8-11-15-21)26(23)28(4,5)22-16-12-9-13-17-22/h8-17,19-20,29H,6-7,18H2,1-5H3. The normalized spacial score (nSPS) is 12.2. The van der Waals surface area contributed by atoms with Gasteiger partial charge in [-0.3, -0.25) is 0 Å². The third-order valence-electron chi connectivity index (χ3n) is 6.36. The van der Waals surface area contributed by atoms with E-state index in [0.717, 1.165) is 24.8 Å². The van der Waals surface area contributed by atoms with Crippen LogP contribution in [-0.2, 0) is 17.3 Å². The van der Waals surface area contributed by atoms with Gasteiger partial charge in [-0.2, -0.15) is 0 Å². The number of unbranched alkanes of at least 4 members (excludes halogenated alkanes) is 1. The lowest BCUT2D eigenvalue weighted by molar-refractivity contribution is 0.459. The fourth-order valence-electron chi connectivity index (χ4n) is 4.49. The van der Waals surface area contributed by atoms with Gasteiger partial charge >= 0.3 is 0 Å². The first-order chi connectivity index (χ1) is 13.8. The van der Waals surface area contributed by atoms with E-state index in [0.29, 0.717) is 5.75 Å². The van der Waals surface area contributed by atoms with Gasteiger partial charge in [0.25, 0.3) is 0 Å². The summed E-state index contributed by atoms with van der Waals surface area (Å²) < 4.78 is 0. The van der Waals surface area contributed by atoms with Crippen LogP contribution in [0.15, 0.2) is 72.8 Å². The van der Waals surface area contributed by atoms with Crippen LogP contribution in [-0.4, -0.2) is 5.11 Å². The average Bonchev–Trinajstić information content (AvgIpc) is 2.73. The molecule has 3 rings (SSSR count). The van der Waals surface area contributed by atoms with E-state index in [9.17, 15) is 5.11 Å². The van der Waals surface area contributed by atoms with Crippen molar-refractivity contribution in [2.24, 2.45) is 0 Å². The van der Waals surface area contributed by atoms with Crippen molar-refractivity contribution in [3.63, 3.8) is 0 Å². The summed E-state index contributed by atoms with van der Waals surface area (Å²) in [6.45, 7) is 11.4.